The molecule has 0 fully saturated rings. The van der Waals surface area contributed by atoms with Gasteiger partial charge in [-0.05, 0) is 24.1 Å². The van der Waals surface area contributed by atoms with Gasteiger partial charge in [0.2, 0.25) is 0 Å². The molecule has 0 heterocycles. The zero-order valence-corrected chi connectivity index (χ0v) is 10.5. The number of benzene rings is 1. The third-order valence-electron chi connectivity index (χ3n) is 2.83. The normalized spacial score (nSPS) is 12.4. The van der Waals surface area contributed by atoms with Gasteiger partial charge in [-0.1, -0.05) is 56.3 Å². The predicted octanol–water partition coefficient (Wildman–Crippen LogP) is 4.59. The minimum Gasteiger partial charge on any atom is -0.303 e. The van der Waals surface area contributed by atoms with Gasteiger partial charge in [-0.25, -0.2) is 0 Å². The molecule has 1 atom stereocenters. The van der Waals surface area contributed by atoms with Crippen LogP contribution in [-0.4, -0.2) is 6.29 Å². The molecule has 0 aromatic heterocycles. The summed E-state index contributed by atoms with van der Waals surface area (Å²) in [6.07, 6.45) is 6.83. The summed E-state index contributed by atoms with van der Waals surface area (Å²) in [5, 5.41) is 0.722. The highest BCUT2D eigenvalue weighted by Gasteiger charge is 2.09. The van der Waals surface area contributed by atoms with E-state index >= 15 is 0 Å². The molecule has 16 heavy (non-hydrogen) atoms. The molecular formula is C14H19ClO. The molecule has 0 spiro atoms. The second-order valence-electron chi connectivity index (χ2n) is 4.14. The molecule has 0 aliphatic heterocycles. The highest BCUT2D eigenvalue weighted by molar-refractivity contribution is 6.30. The molecule has 0 bridgehead atoms. The first-order chi connectivity index (χ1) is 7.77. The van der Waals surface area contributed by atoms with Crippen molar-refractivity contribution in [2.45, 2.75) is 44.9 Å². The monoisotopic (exact) mass is 238 g/mol. The molecule has 0 aliphatic carbocycles. The molecule has 1 nitrogen and oxygen atoms in total. The topological polar surface area (TPSA) is 17.1 Å². The van der Waals surface area contributed by atoms with Gasteiger partial charge >= 0.3 is 0 Å². The number of rotatable bonds is 7. The Morgan fingerprint density at radius 3 is 2.44 bits per heavy atom. The molecule has 1 aromatic carbocycles. The first kappa shape index (κ1) is 13.2. The van der Waals surface area contributed by atoms with E-state index in [-0.39, 0.29) is 5.92 Å². The number of hydrogen-bond acceptors (Lipinski definition) is 1. The lowest BCUT2D eigenvalue weighted by atomic mass is 9.94. The number of halogens is 1. The molecule has 0 saturated heterocycles. The van der Waals surface area contributed by atoms with Gasteiger partial charge in [-0.2, -0.15) is 0 Å². The van der Waals surface area contributed by atoms with Crippen molar-refractivity contribution in [3.05, 3.63) is 34.9 Å². The lowest BCUT2D eigenvalue weighted by molar-refractivity contribution is -0.109. The number of aldehydes is 1. The fourth-order valence-corrected chi connectivity index (χ4v) is 1.94. The zero-order chi connectivity index (χ0) is 11.8. The van der Waals surface area contributed by atoms with Crippen molar-refractivity contribution in [2.24, 2.45) is 0 Å². The Hall–Kier alpha value is -0.820. The van der Waals surface area contributed by atoms with Crippen LogP contribution in [0.25, 0.3) is 0 Å². The van der Waals surface area contributed by atoms with E-state index in [0.717, 1.165) is 29.7 Å². The minimum atomic E-state index is 0.0362. The third-order valence-corrected chi connectivity index (χ3v) is 3.08. The SMILES string of the molecule is CCCCCC[C@H](C=O)c1ccc(Cl)cc1. The summed E-state index contributed by atoms with van der Waals surface area (Å²) in [4.78, 5) is 11.0. The molecule has 0 radical (unpaired) electrons. The Kier molecular flexibility index (Phi) is 6.17. The van der Waals surface area contributed by atoms with E-state index in [2.05, 4.69) is 6.92 Å². The van der Waals surface area contributed by atoms with Gasteiger partial charge in [-0.3, -0.25) is 0 Å². The smallest absolute Gasteiger partial charge is 0.127 e. The van der Waals surface area contributed by atoms with Gasteiger partial charge in [0, 0.05) is 10.9 Å². The third kappa shape index (κ3) is 4.36. The lowest BCUT2D eigenvalue weighted by Crippen LogP contribution is -2.00. The highest BCUT2D eigenvalue weighted by atomic mass is 35.5. The Balaban J connectivity index is 2.47. The molecule has 0 aliphatic rings. The first-order valence-corrected chi connectivity index (χ1v) is 6.36. The molecule has 0 saturated carbocycles. The quantitative estimate of drug-likeness (QED) is 0.502. The summed E-state index contributed by atoms with van der Waals surface area (Å²) < 4.78 is 0. The van der Waals surface area contributed by atoms with Crippen molar-refractivity contribution in [2.75, 3.05) is 0 Å². The van der Waals surface area contributed by atoms with E-state index in [9.17, 15) is 4.79 Å². The highest BCUT2D eigenvalue weighted by Crippen LogP contribution is 2.22. The van der Waals surface area contributed by atoms with E-state index in [4.69, 9.17) is 11.6 Å². The maximum absolute atomic E-state index is 11.0. The van der Waals surface area contributed by atoms with Crippen LogP contribution in [0.2, 0.25) is 5.02 Å². The van der Waals surface area contributed by atoms with E-state index in [0.29, 0.717) is 0 Å². The minimum absolute atomic E-state index is 0.0362. The maximum Gasteiger partial charge on any atom is 0.127 e. The summed E-state index contributed by atoms with van der Waals surface area (Å²) in [7, 11) is 0. The van der Waals surface area contributed by atoms with Gasteiger partial charge in [0.05, 0.1) is 0 Å². The van der Waals surface area contributed by atoms with Crippen molar-refractivity contribution < 1.29 is 4.79 Å². The summed E-state index contributed by atoms with van der Waals surface area (Å²) in [6, 6.07) is 7.58. The van der Waals surface area contributed by atoms with Crippen LogP contribution in [0.15, 0.2) is 24.3 Å². The van der Waals surface area contributed by atoms with Gasteiger partial charge in [0.25, 0.3) is 0 Å². The average Bonchev–Trinajstić information content (AvgIpc) is 2.31. The zero-order valence-electron chi connectivity index (χ0n) is 9.79. The van der Waals surface area contributed by atoms with E-state index < -0.39 is 0 Å². The second kappa shape index (κ2) is 7.45. The van der Waals surface area contributed by atoms with Gasteiger partial charge < -0.3 is 4.79 Å². The van der Waals surface area contributed by atoms with Crippen LogP contribution >= 0.6 is 11.6 Å². The number of unbranched alkanes of at least 4 members (excludes halogenated alkanes) is 3. The van der Waals surface area contributed by atoms with Crippen molar-refractivity contribution in [3.63, 3.8) is 0 Å². The Morgan fingerprint density at radius 2 is 1.88 bits per heavy atom. The molecule has 2 heteroatoms. The maximum atomic E-state index is 11.0. The van der Waals surface area contributed by atoms with Crippen LogP contribution in [-0.2, 0) is 4.79 Å². The van der Waals surface area contributed by atoms with E-state index in [1.54, 1.807) is 0 Å². The standard InChI is InChI=1S/C14H19ClO/c1-2-3-4-5-6-13(11-16)12-7-9-14(15)10-8-12/h7-11,13H,2-6H2,1H3/t13-/m1/s1. The van der Waals surface area contributed by atoms with Crippen molar-refractivity contribution >= 4 is 17.9 Å². The summed E-state index contributed by atoms with van der Waals surface area (Å²) in [5.41, 5.74) is 1.08. The van der Waals surface area contributed by atoms with Gasteiger partial charge in [0.1, 0.15) is 6.29 Å². The molecule has 1 rings (SSSR count). The number of carbonyl (C=O) groups is 1. The Labute approximate surface area is 103 Å². The number of hydrogen-bond donors (Lipinski definition) is 0. The van der Waals surface area contributed by atoms with Crippen LogP contribution in [0.1, 0.15) is 50.5 Å². The van der Waals surface area contributed by atoms with Crippen LogP contribution in [0, 0.1) is 0 Å². The Bertz CT molecular complexity index is 305. The summed E-state index contributed by atoms with van der Waals surface area (Å²) in [5.74, 6) is 0.0362. The fourth-order valence-electron chi connectivity index (χ4n) is 1.81. The fraction of sp³-hybridized carbons (Fsp3) is 0.500. The van der Waals surface area contributed by atoms with Gasteiger partial charge in [-0.15, -0.1) is 0 Å². The van der Waals surface area contributed by atoms with Crippen LogP contribution < -0.4 is 0 Å². The van der Waals surface area contributed by atoms with Gasteiger partial charge in [0.15, 0.2) is 0 Å². The molecule has 0 amide bonds. The van der Waals surface area contributed by atoms with Crippen molar-refractivity contribution in [3.8, 4) is 0 Å². The predicted molar refractivity (Wildman–Crippen MR) is 69.0 cm³/mol. The van der Waals surface area contributed by atoms with Crippen molar-refractivity contribution in [1.82, 2.24) is 0 Å². The van der Waals surface area contributed by atoms with Crippen LogP contribution in [0.5, 0.6) is 0 Å². The Morgan fingerprint density at radius 1 is 1.19 bits per heavy atom. The van der Waals surface area contributed by atoms with Crippen molar-refractivity contribution in [1.29, 1.82) is 0 Å². The molecule has 88 valence electrons. The van der Waals surface area contributed by atoms with E-state index in [1.807, 2.05) is 24.3 Å². The van der Waals surface area contributed by atoms with E-state index in [1.165, 1.54) is 19.3 Å². The summed E-state index contributed by atoms with van der Waals surface area (Å²) in [6.45, 7) is 2.19. The molecule has 0 unspecified atom stereocenters. The summed E-state index contributed by atoms with van der Waals surface area (Å²) >= 11 is 5.82. The second-order valence-corrected chi connectivity index (χ2v) is 4.58. The largest absolute Gasteiger partial charge is 0.303 e. The molecule has 1 aromatic rings. The molecular weight excluding hydrogens is 220 g/mol. The van der Waals surface area contributed by atoms with Crippen LogP contribution in [0.4, 0.5) is 0 Å². The lowest BCUT2D eigenvalue weighted by Gasteiger charge is -2.10. The first-order valence-electron chi connectivity index (χ1n) is 5.98. The number of carbonyl (C=O) groups excluding carboxylic acids is 1. The van der Waals surface area contributed by atoms with Crippen LogP contribution in [0.3, 0.4) is 0 Å². The molecule has 0 N–H and O–H groups in total. The average molecular weight is 239 g/mol.